The van der Waals surface area contributed by atoms with Gasteiger partial charge in [-0.25, -0.2) is 0 Å². The summed E-state index contributed by atoms with van der Waals surface area (Å²) in [6.45, 7) is 7.48. The fourth-order valence-electron chi connectivity index (χ4n) is 4.69. The van der Waals surface area contributed by atoms with Gasteiger partial charge in [0.2, 0.25) is 0 Å². The number of para-hydroxylation sites is 1. The molecule has 2 nitrogen and oxygen atoms in total. The van der Waals surface area contributed by atoms with Crippen molar-refractivity contribution < 1.29 is 4.79 Å². The molecule has 0 amide bonds. The van der Waals surface area contributed by atoms with Crippen LogP contribution in [0, 0.1) is 24.7 Å². The van der Waals surface area contributed by atoms with E-state index in [4.69, 9.17) is 6.42 Å². The highest BCUT2D eigenvalue weighted by atomic mass is 16.1. The summed E-state index contributed by atoms with van der Waals surface area (Å²) in [5, 5.41) is 1.03. The van der Waals surface area contributed by atoms with Crippen LogP contribution < -0.4 is 0 Å². The number of terminal acetylenes is 1. The number of rotatable bonds is 5. The number of hydrogen-bond donors (Lipinski definition) is 0. The first kappa shape index (κ1) is 18.6. The average molecular weight is 370 g/mol. The van der Waals surface area contributed by atoms with Crippen molar-refractivity contribution >= 4 is 16.7 Å². The number of carbonyl (C=O) groups is 1. The van der Waals surface area contributed by atoms with Crippen molar-refractivity contribution in [1.29, 1.82) is 0 Å². The quantitative estimate of drug-likeness (QED) is 0.320. The second-order valence-electron chi connectivity index (χ2n) is 8.77. The van der Waals surface area contributed by atoms with Crippen molar-refractivity contribution in [2.75, 3.05) is 0 Å². The van der Waals surface area contributed by atoms with Crippen LogP contribution in [-0.4, -0.2) is 10.4 Å². The van der Waals surface area contributed by atoms with E-state index < -0.39 is 0 Å². The largest absolute Gasteiger partial charge is 0.344 e. The summed E-state index contributed by atoms with van der Waals surface area (Å²) >= 11 is 0. The average Bonchev–Trinajstić information content (AvgIpc) is 3.13. The first-order valence-corrected chi connectivity index (χ1v) is 10.1. The Kier molecular flexibility index (Phi) is 4.63. The maximum absolute atomic E-state index is 13.5. The van der Waals surface area contributed by atoms with E-state index in [9.17, 15) is 4.79 Å². The molecule has 0 atom stereocenters. The van der Waals surface area contributed by atoms with Gasteiger partial charge in [-0.3, -0.25) is 4.79 Å². The topological polar surface area (TPSA) is 22.0 Å². The molecule has 0 N–H and O–H groups in total. The van der Waals surface area contributed by atoms with E-state index in [1.54, 1.807) is 0 Å². The fourth-order valence-corrected chi connectivity index (χ4v) is 4.69. The maximum Gasteiger partial charge on any atom is 0.195 e. The number of ketones is 1. The highest BCUT2D eigenvalue weighted by Gasteiger charge is 2.29. The minimum atomic E-state index is 0.122. The molecule has 0 bridgehead atoms. The fraction of sp³-hybridized carbons (Fsp3) is 0.346. The first-order chi connectivity index (χ1) is 13.4. The molecule has 2 heteroatoms. The van der Waals surface area contributed by atoms with E-state index in [0.29, 0.717) is 0 Å². The summed E-state index contributed by atoms with van der Waals surface area (Å²) in [5.74, 6) is 2.83. The smallest absolute Gasteiger partial charge is 0.195 e. The number of unbranched alkanes of at least 4 members (excludes halogenated alkanes) is 1. The lowest BCUT2D eigenvalue weighted by Gasteiger charge is -2.14. The van der Waals surface area contributed by atoms with Gasteiger partial charge in [-0.05, 0) is 54.9 Å². The van der Waals surface area contributed by atoms with Gasteiger partial charge in [0.05, 0.1) is 5.56 Å². The second-order valence-corrected chi connectivity index (χ2v) is 8.77. The second kappa shape index (κ2) is 6.99. The van der Waals surface area contributed by atoms with E-state index in [1.807, 2.05) is 18.2 Å². The summed E-state index contributed by atoms with van der Waals surface area (Å²) < 4.78 is 2.25. The van der Waals surface area contributed by atoms with E-state index >= 15 is 0 Å². The number of aromatic nitrogens is 1. The zero-order valence-corrected chi connectivity index (χ0v) is 17.0. The monoisotopic (exact) mass is 369 g/mol. The van der Waals surface area contributed by atoms with Crippen LogP contribution in [0.25, 0.3) is 10.9 Å². The molecule has 4 rings (SSSR count). The predicted molar refractivity (Wildman–Crippen MR) is 116 cm³/mol. The van der Waals surface area contributed by atoms with Crippen LogP contribution in [-0.2, 0) is 19.4 Å². The molecule has 142 valence electrons. The number of benzene rings is 2. The molecule has 3 aromatic rings. The van der Waals surface area contributed by atoms with Gasteiger partial charge in [-0.2, -0.15) is 0 Å². The van der Waals surface area contributed by atoms with Gasteiger partial charge in [-0.1, -0.05) is 44.2 Å². The summed E-state index contributed by atoms with van der Waals surface area (Å²) in [7, 11) is 0. The van der Waals surface area contributed by atoms with Gasteiger partial charge in [0, 0.05) is 35.1 Å². The molecule has 0 radical (unpaired) electrons. The maximum atomic E-state index is 13.5. The Balaban J connectivity index is 1.77. The number of hydrogen-bond acceptors (Lipinski definition) is 1. The normalized spacial score (nSPS) is 14.8. The third-order valence-electron chi connectivity index (χ3n) is 5.97. The Bertz CT molecular complexity index is 1110. The molecular formula is C26H27NO. The van der Waals surface area contributed by atoms with Crippen LogP contribution in [0.2, 0.25) is 0 Å². The van der Waals surface area contributed by atoms with Crippen molar-refractivity contribution in [3.05, 3.63) is 70.4 Å². The van der Waals surface area contributed by atoms with Gasteiger partial charge in [0.15, 0.2) is 5.78 Å². The standard InChI is InChI=1S/C26H27NO/c1-5-6-9-14-27-18(2)24(22-10-7-8-11-23(22)27)25(28)19-12-13-20-16-26(3,4)17-21(20)15-19/h1,7-8,10-13,15H,6,9,14,16-17H2,2-4H3. The first-order valence-electron chi connectivity index (χ1n) is 10.1. The molecule has 0 saturated heterocycles. The Morgan fingerprint density at radius 2 is 1.89 bits per heavy atom. The Hall–Kier alpha value is -2.79. The van der Waals surface area contributed by atoms with E-state index in [0.717, 1.165) is 60.0 Å². The van der Waals surface area contributed by atoms with Crippen molar-refractivity contribution in [2.24, 2.45) is 5.41 Å². The molecule has 0 saturated carbocycles. The van der Waals surface area contributed by atoms with E-state index in [2.05, 4.69) is 55.5 Å². The van der Waals surface area contributed by atoms with Crippen LogP contribution in [0.3, 0.4) is 0 Å². The molecule has 1 heterocycles. The van der Waals surface area contributed by atoms with E-state index in [1.165, 1.54) is 11.1 Å². The zero-order chi connectivity index (χ0) is 19.9. The minimum absolute atomic E-state index is 0.122. The van der Waals surface area contributed by atoms with Crippen molar-refractivity contribution in [1.82, 2.24) is 4.57 Å². The molecule has 0 aliphatic heterocycles. The highest BCUT2D eigenvalue weighted by molar-refractivity contribution is 6.17. The Morgan fingerprint density at radius 1 is 1.14 bits per heavy atom. The summed E-state index contributed by atoms with van der Waals surface area (Å²) in [4.78, 5) is 13.5. The third kappa shape index (κ3) is 3.16. The summed E-state index contributed by atoms with van der Waals surface area (Å²) in [6.07, 6.45) is 9.21. The number of nitrogens with zero attached hydrogens (tertiary/aromatic N) is 1. The molecule has 1 aliphatic carbocycles. The highest BCUT2D eigenvalue weighted by Crippen LogP contribution is 2.37. The molecule has 0 fully saturated rings. The van der Waals surface area contributed by atoms with Crippen LogP contribution in [0.5, 0.6) is 0 Å². The molecular weight excluding hydrogens is 342 g/mol. The summed E-state index contributed by atoms with van der Waals surface area (Å²) in [5.41, 5.74) is 6.76. The minimum Gasteiger partial charge on any atom is -0.344 e. The zero-order valence-electron chi connectivity index (χ0n) is 17.0. The molecule has 1 aliphatic rings. The molecule has 28 heavy (non-hydrogen) atoms. The lowest BCUT2D eigenvalue weighted by molar-refractivity contribution is 0.103. The summed E-state index contributed by atoms with van der Waals surface area (Å²) in [6, 6.07) is 14.5. The number of carbonyl (C=O) groups excluding carboxylic acids is 1. The lowest BCUT2D eigenvalue weighted by Crippen LogP contribution is -2.09. The number of aryl methyl sites for hydroxylation is 1. The SMILES string of the molecule is C#CCCCn1c(C)c(C(=O)c2ccc3c(c2)CC(C)(C)C3)c2ccccc21. The van der Waals surface area contributed by atoms with Crippen LogP contribution in [0.1, 0.15) is 59.4 Å². The van der Waals surface area contributed by atoms with Crippen LogP contribution in [0.4, 0.5) is 0 Å². The van der Waals surface area contributed by atoms with Crippen molar-refractivity contribution in [3.8, 4) is 12.3 Å². The van der Waals surface area contributed by atoms with Gasteiger partial charge in [-0.15, -0.1) is 12.3 Å². The third-order valence-corrected chi connectivity index (χ3v) is 5.97. The lowest BCUT2D eigenvalue weighted by atomic mass is 9.90. The van der Waals surface area contributed by atoms with Crippen molar-refractivity contribution in [3.63, 3.8) is 0 Å². The molecule has 2 aromatic carbocycles. The van der Waals surface area contributed by atoms with E-state index in [-0.39, 0.29) is 11.2 Å². The Labute approximate surface area is 167 Å². The van der Waals surface area contributed by atoms with Gasteiger partial charge < -0.3 is 4.57 Å². The number of fused-ring (bicyclic) bond motifs is 2. The van der Waals surface area contributed by atoms with Crippen molar-refractivity contribution in [2.45, 2.75) is 53.0 Å². The molecule has 0 unspecified atom stereocenters. The molecule has 1 aromatic heterocycles. The Morgan fingerprint density at radius 3 is 2.68 bits per heavy atom. The van der Waals surface area contributed by atoms with Crippen LogP contribution >= 0.6 is 0 Å². The van der Waals surface area contributed by atoms with Crippen LogP contribution in [0.15, 0.2) is 42.5 Å². The molecule has 0 spiro atoms. The van der Waals surface area contributed by atoms with Gasteiger partial charge >= 0.3 is 0 Å². The predicted octanol–water partition coefficient (Wildman–Crippen LogP) is 5.72. The van der Waals surface area contributed by atoms with Gasteiger partial charge in [0.25, 0.3) is 0 Å². The van der Waals surface area contributed by atoms with Gasteiger partial charge in [0.1, 0.15) is 0 Å².